The highest BCUT2D eigenvalue weighted by molar-refractivity contribution is 7.94. The molecule has 0 N–H and O–H groups in total. The van der Waals surface area contributed by atoms with Gasteiger partial charge in [-0.15, -0.1) is 11.3 Å². The van der Waals surface area contributed by atoms with Gasteiger partial charge in [0.05, 0.1) is 18.2 Å². The van der Waals surface area contributed by atoms with E-state index in [1.807, 2.05) is 0 Å². The van der Waals surface area contributed by atoms with E-state index in [1.54, 1.807) is 48.7 Å². The first-order chi connectivity index (χ1) is 14.3. The molecule has 0 saturated carbocycles. The fraction of sp³-hybridized carbons (Fsp3) is 0.400. The number of nitrogens with zero attached hydrogens (tertiary/aromatic N) is 2. The van der Waals surface area contributed by atoms with Crippen LogP contribution in [0.15, 0.2) is 46.0 Å². The lowest BCUT2D eigenvalue weighted by Gasteiger charge is -2.30. The lowest BCUT2D eigenvalue weighted by molar-refractivity contribution is -0.140. The fourth-order valence-corrected chi connectivity index (χ4v) is 5.51. The van der Waals surface area contributed by atoms with Crippen LogP contribution in [0.5, 0.6) is 5.75 Å². The molecule has 0 radical (unpaired) electrons. The Morgan fingerprint density at radius 1 is 1.23 bits per heavy atom. The molecule has 1 aromatic heterocycles. The number of likely N-dealkylation sites (tertiary alicyclic amines) is 1. The zero-order chi connectivity index (χ0) is 21.7. The predicted molar refractivity (Wildman–Crippen MR) is 113 cm³/mol. The van der Waals surface area contributed by atoms with Crippen LogP contribution in [0.3, 0.4) is 0 Å². The number of benzene rings is 1. The molecule has 1 amide bonds. The maximum Gasteiger partial charge on any atom is 0.409 e. The van der Waals surface area contributed by atoms with Crippen molar-refractivity contribution in [1.82, 2.24) is 4.90 Å². The third kappa shape index (κ3) is 4.93. The van der Waals surface area contributed by atoms with Crippen LogP contribution in [0.1, 0.15) is 19.8 Å². The molecule has 0 aliphatic carbocycles. The Balaban J connectivity index is 1.63. The minimum atomic E-state index is -3.63. The van der Waals surface area contributed by atoms with Crippen LogP contribution in [-0.2, 0) is 19.6 Å². The van der Waals surface area contributed by atoms with E-state index in [0.29, 0.717) is 30.8 Å². The van der Waals surface area contributed by atoms with Gasteiger partial charge in [0.25, 0.3) is 10.0 Å². The standard InChI is InChI=1S/C20H24N2O6S2/c1-3-27-20(24)22-12-4-6-15(14-22)19(23)28-17-10-8-16(9-11-17)21(2)30(25,26)18-7-5-13-29-18/h5,7-11,13,15H,3-4,6,12,14H2,1-2H3/t15-/m1/s1. The summed E-state index contributed by atoms with van der Waals surface area (Å²) in [5.41, 5.74) is 0.453. The number of carbonyl (C=O) groups excluding carboxylic acids is 2. The van der Waals surface area contributed by atoms with E-state index in [9.17, 15) is 18.0 Å². The molecular formula is C20H24N2O6S2. The molecule has 1 aliphatic rings. The Kier molecular flexibility index (Phi) is 6.99. The first-order valence-electron chi connectivity index (χ1n) is 9.59. The molecule has 2 aromatic rings. The molecule has 30 heavy (non-hydrogen) atoms. The van der Waals surface area contributed by atoms with E-state index in [4.69, 9.17) is 9.47 Å². The third-order valence-electron chi connectivity index (χ3n) is 4.81. The van der Waals surface area contributed by atoms with E-state index in [0.717, 1.165) is 11.3 Å². The minimum Gasteiger partial charge on any atom is -0.450 e. The number of carbonyl (C=O) groups is 2. The Hall–Kier alpha value is -2.59. The van der Waals surface area contributed by atoms with Crippen LogP contribution in [0, 0.1) is 5.92 Å². The van der Waals surface area contributed by atoms with Gasteiger partial charge in [-0.2, -0.15) is 0 Å². The number of amides is 1. The second-order valence-electron chi connectivity index (χ2n) is 6.80. The van der Waals surface area contributed by atoms with Gasteiger partial charge in [0, 0.05) is 20.1 Å². The van der Waals surface area contributed by atoms with Crippen molar-refractivity contribution in [3.8, 4) is 5.75 Å². The zero-order valence-corrected chi connectivity index (χ0v) is 18.4. The summed E-state index contributed by atoms with van der Waals surface area (Å²) >= 11 is 1.15. The number of anilines is 1. The van der Waals surface area contributed by atoms with Gasteiger partial charge in [-0.25, -0.2) is 13.2 Å². The van der Waals surface area contributed by atoms with Crippen LogP contribution < -0.4 is 9.04 Å². The highest BCUT2D eigenvalue weighted by Crippen LogP contribution is 2.27. The molecule has 0 unspecified atom stereocenters. The maximum atomic E-state index is 12.6. The van der Waals surface area contributed by atoms with Crippen LogP contribution in [-0.4, -0.2) is 52.1 Å². The molecule has 2 heterocycles. The number of rotatable bonds is 6. The largest absolute Gasteiger partial charge is 0.450 e. The third-order valence-corrected chi connectivity index (χ3v) is 7.97. The van der Waals surface area contributed by atoms with Crippen molar-refractivity contribution >= 4 is 39.1 Å². The molecule has 0 spiro atoms. The topological polar surface area (TPSA) is 93.2 Å². The van der Waals surface area contributed by atoms with Crippen molar-refractivity contribution < 1.29 is 27.5 Å². The Morgan fingerprint density at radius 2 is 1.97 bits per heavy atom. The minimum absolute atomic E-state index is 0.254. The Morgan fingerprint density at radius 3 is 2.60 bits per heavy atom. The Labute approximate surface area is 180 Å². The SMILES string of the molecule is CCOC(=O)N1CCC[C@@H](C(=O)Oc2ccc(N(C)S(=O)(=O)c3cccs3)cc2)C1. The summed E-state index contributed by atoms with van der Waals surface area (Å²) in [7, 11) is -2.15. The van der Waals surface area contributed by atoms with Crippen LogP contribution in [0.25, 0.3) is 0 Å². The summed E-state index contributed by atoms with van der Waals surface area (Å²) in [4.78, 5) is 25.9. The second kappa shape index (κ2) is 9.48. The summed E-state index contributed by atoms with van der Waals surface area (Å²) in [6.07, 6.45) is 0.909. The van der Waals surface area contributed by atoms with Gasteiger partial charge in [0.2, 0.25) is 0 Å². The Bertz CT molecular complexity index is 973. The van der Waals surface area contributed by atoms with Gasteiger partial charge >= 0.3 is 12.1 Å². The second-order valence-corrected chi connectivity index (χ2v) is 9.95. The number of esters is 1. The normalized spacial score (nSPS) is 16.7. The number of hydrogen-bond donors (Lipinski definition) is 0. The van der Waals surface area contributed by atoms with Crippen molar-refractivity contribution in [1.29, 1.82) is 0 Å². The first-order valence-corrected chi connectivity index (χ1v) is 11.9. The molecule has 1 atom stereocenters. The quantitative estimate of drug-likeness (QED) is 0.493. The number of thiophene rings is 1. The van der Waals surface area contributed by atoms with Crippen molar-refractivity contribution in [2.75, 3.05) is 31.0 Å². The lowest BCUT2D eigenvalue weighted by Crippen LogP contribution is -2.43. The highest BCUT2D eigenvalue weighted by atomic mass is 32.2. The molecule has 162 valence electrons. The first kappa shape index (κ1) is 22.1. The van der Waals surface area contributed by atoms with Gasteiger partial charge in [-0.1, -0.05) is 6.07 Å². The fourth-order valence-electron chi connectivity index (χ4n) is 3.16. The summed E-state index contributed by atoms with van der Waals surface area (Å²) < 4.78 is 37.1. The summed E-state index contributed by atoms with van der Waals surface area (Å²) in [6.45, 7) is 2.84. The van der Waals surface area contributed by atoms with Crippen molar-refractivity contribution in [3.05, 3.63) is 41.8 Å². The number of hydrogen-bond acceptors (Lipinski definition) is 7. The van der Waals surface area contributed by atoms with Gasteiger partial charge < -0.3 is 14.4 Å². The summed E-state index contributed by atoms with van der Waals surface area (Å²) in [6, 6.07) is 9.51. The molecule has 1 aromatic carbocycles. The van der Waals surface area contributed by atoms with Crippen LogP contribution >= 0.6 is 11.3 Å². The molecule has 1 fully saturated rings. The van der Waals surface area contributed by atoms with E-state index in [1.165, 1.54) is 16.3 Å². The predicted octanol–water partition coefficient (Wildman–Crippen LogP) is 3.35. The monoisotopic (exact) mass is 452 g/mol. The van der Waals surface area contributed by atoms with Crippen LogP contribution in [0.2, 0.25) is 0 Å². The van der Waals surface area contributed by atoms with E-state index in [-0.39, 0.29) is 17.4 Å². The van der Waals surface area contributed by atoms with Crippen molar-refractivity contribution in [3.63, 3.8) is 0 Å². The van der Waals surface area contributed by atoms with E-state index < -0.39 is 28.0 Å². The molecule has 1 saturated heterocycles. The molecule has 1 aliphatic heterocycles. The molecule has 3 rings (SSSR count). The van der Waals surface area contributed by atoms with E-state index in [2.05, 4.69) is 0 Å². The maximum absolute atomic E-state index is 12.6. The van der Waals surface area contributed by atoms with Gasteiger partial charge in [-0.3, -0.25) is 9.10 Å². The number of sulfonamides is 1. The average molecular weight is 453 g/mol. The molecule has 0 bridgehead atoms. The molecule has 8 nitrogen and oxygen atoms in total. The van der Waals surface area contributed by atoms with Crippen molar-refractivity contribution in [2.45, 2.75) is 24.0 Å². The van der Waals surface area contributed by atoms with Crippen molar-refractivity contribution in [2.24, 2.45) is 5.92 Å². The van der Waals surface area contributed by atoms with E-state index >= 15 is 0 Å². The lowest BCUT2D eigenvalue weighted by atomic mass is 9.98. The average Bonchev–Trinajstić information content (AvgIpc) is 3.30. The summed E-state index contributed by atoms with van der Waals surface area (Å²) in [5.74, 6) is -0.528. The van der Waals surface area contributed by atoms with Gasteiger partial charge in [0.15, 0.2) is 0 Å². The van der Waals surface area contributed by atoms with Crippen LogP contribution in [0.4, 0.5) is 10.5 Å². The molecule has 10 heteroatoms. The smallest absolute Gasteiger partial charge is 0.409 e. The van der Waals surface area contributed by atoms with Gasteiger partial charge in [0.1, 0.15) is 9.96 Å². The summed E-state index contributed by atoms with van der Waals surface area (Å²) in [5, 5.41) is 1.71. The number of ether oxygens (including phenoxy) is 2. The molecular weight excluding hydrogens is 428 g/mol. The number of piperidine rings is 1. The van der Waals surface area contributed by atoms with Gasteiger partial charge in [-0.05, 0) is 55.5 Å². The highest BCUT2D eigenvalue weighted by Gasteiger charge is 2.30. The zero-order valence-electron chi connectivity index (χ0n) is 16.8.